The van der Waals surface area contributed by atoms with Gasteiger partial charge in [0, 0.05) is 13.0 Å². The lowest BCUT2D eigenvalue weighted by atomic mass is 10.3. The van der Waals surface area contributed by atoms with Crippen LogP contribution in [-0.4, -0.2) is 24.6 Å². The summed E-state index contributed by atoms with van der Waals surface area (Å²) >= 11 is 0. The highest BCUT2D eigenvalue weighted by molar-refractivity contribution is 7.89. The van der Waals surface area contributed by atoms with Crippen molar-refractivity contribution in [3.63, 3.8) is 0 Å². The van der Waals surface area contributed by atoms with Crippen LogP contribution in [0, 0.1) is 6.92 Å². The Morgan fingerprint density at radius 2 is 2.05 bits per heavy atom. The first kappa shape index (κ1) is 15.7. The molecule has 0 aliphatic heterocycles. The Hall–Kier alpha value is -1.71. The maximum atomic E-state index is 12.1. The zero-order chi connectivity index (χ0) is 15.5. The number of nitrogens with one attached hydrogen (secondary N) is 2. The smallest absolute Gasteiger partial charge is 0.274 e. The summed E-state index contributed by atoms with van der Waals surface area (Å²) in [5.41, 5.74) is 0. The molecule has 0 saturated carbocycles. The van der Waals surface area contributed by atoms with Crippen molar-refractivity contribution < 1.29 is 17.4 Å². The van der Waals surface area contributed by atoms with Crippen LogP contribution in [0.15, 0.2) is 26.2 Å². The SMILES string of the molecule is Cc1nc(CNS(=O)(=O)c2ccc(CNC(C)C)o2)no1. The van der Waals surface area contributed by atoms with Crippen LogP contribution in [0.1, 0.15) is 31.3 Å². The van der Waals surface area contributed by atoms with Crippen LogP contribution in [0.25, 0.3) is 0 Å². The fraction of sp³-hybridized carbons (Fsp3) is 0.500. The topological polar surface area (TPSA) is 110 Å². The highest BCUT2D eigenvalue weighted by Gasteiger charge is 2.19. The molecule has 0 bridgehead atoms. The summed E-state index contributed by atoms with van der Waals surface area (Å²) in [6, 6.07) is 3.33. The van der Waals surface area contributed by atoms with Gasteiger partial charge in [0.05, 0.1) is 13.1 Å². The van der Waals surface area contributed by atoms with E-state index in [1.807, 2.05) is 13.8 Å². The molecule has 0 saturated heterocycles. The molecule has 0 aliphatic carbocycles. The van der Waals surface area contributed by atoms with Crippen LogP contribution in [0.3, 0.4) is 0 Å². The van der Waals surface area contributed by atoms with Gasteiger partial charge in [-0.2, -0.15) is 4.98 Å². The van der Waals surface area contributed by atoms with Gasteiger partial charge in [0.2, 0.25) is 11.0 Å². The van der Waals surface area contributed by atoms with E-state index in [1.54, 1.807) is 13.0 Å². The molecule has 0 atom stereocenters. The summed E-state index contributed by atoms with van der Waals surface area (Å²) in [7, 11) is -3.73. The molecule has 0 fully saturated rings. The summed E-state index contributed by atoms with van der Waals surface area (Å²) in [6.45, 7) is 6.03. The predicted molar refractivity (Wildman–Crippen MR) is 73.7 cm³/mol. The van der Waals surface area contributed by atoms with Crippen molar-refractivity contribution in [2.24, 2.45) is 0 Å². The fourth-order valence-electron chi connectivity index (χ4n) is 1.55. The van der Waals surface area contributed by atoms with Crippen LogP contribution >= 0.6 is 0 Å². The monoisotopic (exact) mass is 314 g/mol. The number of hydrogen-bond acceptors (Lipinski definition) is 7. The molecule has 2 aromatic heterocycles. The lowest BCUT2D eigenvalue weighted by Crippen LogP contribution is -2.23. The Balaban J connectivity index is 1.99. The van der Waals surface area contributed by atoms with Crippen LogP contribution in [0.5, 0.6) is 0 Å². The molecule has 2 heterocycles. The van der Waals surface area contributed by atoms with Gasteiger partial charge >= 0.3 is 0 Å². The van der Waals surface area contributed by atoms with Crippen LogP contribution < -0.4 is 10.0 Å². The summed E-state index contributed by atoms with van der Waals surface area (Å²) in [5.74, 6) is 1.20. The van der Waals surface area contributed by atoms with Gasteiger partial charge in [0.25, 0.3) is 10.0 Å². The molecule has 2 rings (SSSR count). The van der Waals surface area contributed by atoms with Gasteiger partial charge in [0.1, 0.15) is 5.76 Å². The maximum absolute atomic E-state index is 12.1. The number of furan rings is 1. The predicted octanol–water partition coefficient (Wildman–Crippen LogP) is 0.948. The van der Waals surface area contributed by atoms with Gasteiger partial charge in [-0.3, -0.25) is 0 Å². The fourth-order valence-corrected chi connectivity index (χ4v) is 2.47. The van der Waals surface area contributed by atoms with Crippen molar-refractivity contribution in [2.75, 3.05) is 0 Å². The second-order valence-corrected chi connectivity index (χ2v) is 6.51. The van der Waals surface area contributed by atoms with E-state index in [-0.39, 0.29) is 23.5 Å². The zero-order valence-electron chi connectivity index (χ0n) is 12.1. The molecular formula is C12H18N4O4S. The molecule has 0 amide bonds. The second kappa shape index (κ2) is 6.37. The molecule has 116 valence electrons. The number of rotatable bonds is 7. The van der Waals surface area contributed by atoms with Crippen LogP contribution in [0.2, 0.25) is 0 Å². The number of aromatic nitrogens is 2. The third kappa shape index (κ3) is 4.38. The molecule has 9 heteroatoms. The zero-order valence-corrected chi connectivity index (χ0v) is 12.9. The Bertz CT molecular complexity index is 690. The minimum Gasteiger partial charge on any atom is -0.447 e. The van der Waals surface area contributed by atoms with Gasteiger partial charge in [-0.25, -0.2) is 13.1 Å². The average Bonchev–Trinajstić information content (AvgIpc) is 3.03. The molecule has 8 nitrogen and oxygen atoms in total. The van der Waals surface area contributed by atoms with E-state index in [1.165, 1.54) is 6.07 Å². The van der Waals surface area contributed by atoms with Gasteiger partial charge in [0.15, 0.2) is 5.82 Å². The van der Waals surface area contributed by atoms with Crippen molar-refractivity contribution in [2.45, 2.75) is 45.0 Å². The lowest BCUT2D eigenvalue weighted by molar-refractivity contribution is 0.385. The largest absolute Gasteiger partial charge is 0.447 e. The Morgan fingerprint density at radius 3 is 2.67 bits per heavy atom. The Kier molecular flexibility index (Phi) is 4.76. The molecule has 2 N–H and O–H groups in total. The highest BCUT2D eigenvalue weighted by atomic mass is 32.2. The van der Waals surface area contributed by atoms with Crippen molar-refractivity contribution in [3.8, 4) is 0 Å². The van der Waals surface area contributed by atoms with E-state index in [0.717, 1.165) is 0 Å². The van der Waals surface area contributed by atoms with E-state index in [0.29, 0.717) is 18.2 Å². The molecule has 0 spiro atoms. The van der Waals surface area contributed by atoms with Crippen molar-refractivity contribution in [3.05, 3.63) is 29.6 Å². The van der Waals surface area contributed by atoms with E-state index in [4.69, 9.17) is 8.94 Å². The number of sulfonamides is 1. The molecule has 0 aromatic carbocycles. The quantitative estimate of drug-likeness (QED) is 0.782. The Morgan fingerprint density at radius 1 is 1.29 bits per heavy atom. The maximum Gasteiger partial charge on any atom is 0.274 e. The summed E-state index contributed by atoms with van der Waals surface area (Å²) in [5, 5.41) is 6.62. The Labute approximate surface area is 123 Å². The third-order valence-corrected chi connectivity index (χ3v) is 3.85. The first-order valence-corrected chi connectivity index (χ1v) is 7.96. The van der Waals surface area contributed by atoms with E-state index >= 15 is 0 Å². The first-order chi connectivity index (χ1) is 9.87. The molecule has 0 aliphatic rings. The second-order valence-electron chi connectivity index (χ2n) is 4.81. The number of hydrogen-bond donors (Lipinski definition) is 2. The van der Waals surface area contributed by atoms with Crippen molar-refractivity contribution in [1.82, 2.24) is 20.2 Å². The number of nitrogens with zero attached hydrogens (tertiary/aromatic N) is 2. The molecule has 2 aromatic rings. The van der Waals surface area contributed by atoms with Gasteiger partial charge < -0.3 is 14.3 Å². The van der Waals surface area contributed by atoms with Gasteiger partial charge in [-0.05, 0) is 12.1 Å². The van der Waals surface area contributed by atoms with Crippen LogP contribution in [-0.2, 0) is 23.1 Å². The van der Waals surface area contributed by atoms with Crippen molar-refractivity contribution >= 4 is 10.0 Å². The van der Waals surface area contributed by atoms with E-state index in [2.05, 4.69) is 20.2 Å². The van der Waals surface area contributed by atoms with E-state index < -0.39 is 10.0 Å². The summed E-state index contributed by atoms with van der Waals surface area (Å²) in [6.07, 6.45) is 0. The standard InChI is InChI=1S/C12H18N4O4S/c1-8(2)13-6-10-4-5-12(19-10)21(17,18)14-7-11-15-9(3)20-16-11/h4-5,8,13-14H,6-7H2,1-3H3. The molecule has 0 radical (unpaired) electrons. The number of aryl methyl sites for hydroxylation is 1. The van der Waals surface area contributed by atoms with Gasteiger partial charge in [-0.1, -0.05) is 19.0 Å². The van der Waals surface area contributed by atoms with E-state index in [9.17, 15) is 8.42 Å². The minimum absolute atomic E-state index is 0.0556. The molecular weight excluding hydrogens is 296 g/mol. The third-order valence-electron chi connectivity index (χ3n) is 2.58. The average molecular weight is 314 g/mol. The minimum atomic E-state index is -3.73. The van der Waals surface area contributed by atoms with Gasteiger partial charge in [-0.15, -0.1) is 0 Å². The van der Waals surface area contributed by atoms with Crippen molar-refractivity contribution in [1.29, 1.82) is 0 Å². The first-order valence-electron chi connectivity index (χ1n) is 6.48. The van der Waals surface area contributed by atoms with Crippen LogP contribution in [0.4, 0.5) is 0 Å². The lowest BCUT2D eigenvalue weighted by Gasteiger charge is -2.05. The highest BCUT2D eigenvalue weighted by Crippen LogP contribution is 2.14. The summed E-state index contributed by atoms with van der Waals surface area (Å²) < 4.78 is 36.5. The summed E-state index contributed by atoms with van der Waals surface area (Å²) in [4.78, 5) is 3.92. The molecule has 0 unspecified atom stereocenters. The normalized spacial score (nSPS) is 12.2. The molecule has 21 heavy (non-hydrogen) atoms.